The number of aliphatic hydroxyl groups excluding tert-OH is 4. The molecule has 9 atom stereocenters. The van der Waals surface area contributed by atoms with Crippen molar-refractivity contribution < 1.29 is 48.4 Å². The lowest BCUT2D eigenvalue weighted by Crippen LogP contribution is -2.36. The number of phosphoric acid groups is 1. The van der Waals surface area contributed by atoms with E-state index in [2.05, 4.69) is 29.9 Å². The van der Waals surface area contributed by atoms with Crippen LogP contribution in [-0.4, -0.2) is 114 Å². The summed E-state index contributed by atoms with van der Waals surface area (Å²) in [4.78, 5) is 44.9. The molecule has 4 aromatic rings. The number of nitrogen functional groups attached to an aromatic ring is 2. The van der Waals surface area contributed by atoms with Crippen molar-refractivity contribution >= 4 is 41.9 Å². The second kappa shape index (κ2) is 10.6. The molecule has 6 rings (SSSR count). The SMILES string of the molecule is Nc1nc2c(ncn2[C@@H]2OC(CO)[C@@H](O)[C@H]2OP(=O)(O)OCC2O[C@@H](n3cnc4c(N)ncnc43)[C@H](O)[C@@H]2O)c(=O)[nH]1. The first kappa shape index (κ1) is 28.5. The summed E-state index contributed by atoms with van der Waals surface area (Å²) >= 11 is 0. The minimum absolute atomic E-state index is 0.0830. The molecule has 6 heterocycles. The van der Waals surface area contributed by atoms with Crippen LogP contribution in [0.3, 0.4) is 0 Å². The van der Waals surface area contributed by atoms with E-state index >= 15 is 0 Å². The van der Waals surface area contributed by atoms with E-state index in [4.69, 9.17) is 30.0 Å². The van der Waals surface area contributed by atoms with Crippen LogP contribution in [-0.2, 0) is 23.1 Å². The van der Waals surface area contributed by atoms with Gasteiger partial charge in [0.1, 0.15) is 48.5 Å². The highest BCUT2D eigenvalue weighted by Gasteiger charge is 2.50. The number of nitrogens with two attached hydrogens (primary N) is 2. The summed E-state index contributed by atoms with van der Waals surface area (Å²) in [6, 6.07) is 0. The molecule has 10 N–H and O–H groups in total. The Kier molecular flexibility index (Phi) is 7.17. The van der Waals surface area contributed by atoms with Crippen LogP contribution in [0.5, 0.6) is 0 Å². The number of hydrogen-bond donors (Lipinski definition) is 8. The molecule has 2 aliphatic rings. The maximum atomic E-state index is 13.0. The van der Waals surface area contributed by atoms with Gasteiger partial charge < -0.3 is 46.3 Å². The second-order valence-corrected chi connectivity index (χ2v) is 10.9. The third-order valence-corrected chi connectivity index (χ3v) is 7.86. The summed E-state index contributed by atoms with van der Waals surface area (Å²) < 4.78 is 37.0. The lowest BCUT2D eigenvalue weighted by atomic mass is 10.1. The number of fused-ring (bicyclic) bond motifs is 2. The fourth-order valence-electron chi connectivity index (χ4n) is 4.84. The molecule has 22 heteroatoms. The van der Waals surface area contributed by atoms with Crippen LogP contribution in [0, 0.1) is 0 Å². The molecule has 2 aliphatic heterocycles. The number of anilines is 2. The molecule has 2 fully saturated rings. The molecule has 21 nitrogen and oxygen atoms in total. The molecule has 0 amide bonds. The van der Waals surface area contributed by atoms with Gasteiger partial charge in [-0.05, 0) is 0 Å². The van der Waals surface area contributed by atoms with Crippen molar-refractivity contribution in [3.8, 4) is 0 Å². The van der Waals surface area contributed by atoms with Crippen molar-refractivity contribution in [3.05, 3.63) is 29.3 Å². The molecule has 42 heavy (non-hydrogen) atoms. The molecule has 226 valence electrons. The Hall–Kier alpha value is -3.63. The maximum Gasteiger partial charge on any atom is 0.472 e. The van der Waals surface area contributed by atoms with E-state index in [1.165, 1.54) is 17.2 Å². The molecule has 3 unspecified atom stereocenters. The largest absolute Gasteiger partial charge is 0.472 e. The number of aliphatic hydroxyl groups is 4. The van der Waals surface area contributed by atoms with Crippen molar-refractivity contribution in [1.82, 2.24) is 39.0 Å². The summed E-state index contributed by atoms with van der Waals surface area (Å²) in [6.45, 7) is -1.44. The minimum Gasteiger partial charge on any atom is -0.394 e. The Bertz CT molecular complexity index is 1730. The quantitative estimate of drug-likeness (QED) is 0.0894. The van der Waals surface area contributed by atoms with Gasteiger partial charge in [-0.1, -0.05) is 0 Å². The highest BCUT2D eigenvalue weighted by atomic mass is 31.2. The van der Waals surface area contributed by atoms with Gasteiger partial charge in [0, 0.05) is 0 Å². The van der Waals surface area contributed by atoms with Crippen LogP contribution in [0.4, 0.5) is 11.8 Å². The minimum atomic E-state index is -5.06. The Balaban J connectivity index is 1.19. The van der Waals surface area contributed by atoms with Crippen molar-refractivity contribution in [2.24, 2.45) is 0 Å². The molecule has 0 bridgehead atoms. The van der Waals surface area contributed by atoms with Gasteiger partial charge in [0.2, 0.25) is 5.95 Å². The first-order chi connectivity index (χ1) is 20.0. The Morgan fingerprint density at radius 1 is 0.952 bits per heavy atom. The number of nitrogens with one attached hydrogen (secondary N) is 1. The van der Waals surface area contributed by atoms with Crippen LogP contribution < -0.4 is 17.0 Å². The first-order valence-corrected chi connectivity index (χ1v) is 13.8. The van der Waals surface area contributed by atoms with Crippen LogP contribution in [0.1, 0.15) is 12.5 Å². The summed E-state index contributed by atoms with van der Waals surface area (Å²) in [7, 11) is -5.06. The molecule has 0 saturated carbocycles. The molecule has 4 aromatic heterocycles. The van der Waals surface area contributed by atoms with E-state index < -0.39 is 75.7 Å². The zero-order valence-electron chi connectivity index (χ0n) is 21.2. The van der Waals surface area contributed by atoms with Gasteiger partial charge >= 0.3 is 7.82 Å². The molecular weight excluding hydrogens is 587 g/mol. The van der Waals surface area contributed by atoms with Gasteiger partial charge in [0.25, 0.3) is 5.56 Å². The number of hydrogen-bond acceptors (Lipinski definition) is 17. The number of rotatable bonds is 8. The van der Waals surface area contributed by atoms with E-state index in [1.54, 1.807) is 0 Å². The van der Waals surface area contributed by atoms with Crippen molar-refractivity contribution in [2.75, 3.05) is 24.7 Å². The lowest BCUT2D eigenvalue weighted by Gasteiger charge is -2.24. The van der Waals surface area contributed by atoms with Crippen LogP contribution >= 0.6 is 7.82 Å². The highest BCUT2D eigenvalue weighted by molar-refractivity contribution is 7.47. The molecule has 0 aliphatic carbocycles. The maximum absolute atomic E-state index is 13.0. The van der Waals surface area contributed by atoms with Gasteiger partial charge in [-0.2, -0.15) is 4.98 Å². The number of nitrogens with zero attached hydrogens (tertiary/aromatic N) is 7. The first-order valence-electron chi connectivity index (χ1n) is 12.3. The number of aromatic nitrogens is 8. The van der Waals surface area contributed by atoms with E-state index in [9.17, 15) is 34.7 Å². The third kappa shape index (κ3) is 4.80. The van der Waals surface area contributed by atoms with E-state index in [1.807, 2.05) is 0 Å². The predicted octanol–water partition coefficient (Wildman–Crippen LogP) is -3.50. The summed E-state index contributed by atoms with van der Waals surface area (Å²) in [6.07, 6.45) is -8.05. The Morgan fingerprint density at radius 3 is 2.38 bits per heavy atom. The standard InChI is InChI=1S/C20H25N10O11P/c21-14-8-15(24-3-23-14)29(4-25-8)18-12(34)10(32)7(40-18)2-38-42(36,37)41-13-11(33)6(1-31)39-19(13)30-5-26-9-16(30)27-20(22)28-17(9)35/h3-7,10-13,18-19,31-34H,1-2H2,(H,36,37)(H2,21,23,24)(H3,22,27,28,35)/t6?,7?,10-,11-,12-,13-,18-,19-/m1/s1. The van der Waals surface area contributed by atoms with E-state index in [0.717, 1.165) is 10.9 Å². The summed E-state index contributed by atoms with van der Waals surface area (Å²) in [5.41, 5.74) is 11.0. The predicted molar refractivity (Wildman–Crippen MR) is 136 cm³/mol. The van der Waals surface area contributed by atoms with Gasteiger partial charge in [0.15, 0.2) is 35.1 Å². The number of aromatic amines is 1. The molecular formula is C20H25N10O11P. The average molecular weight is 612 g/mol. The smallest absolute Gasteiger partial charge is 0.394 e. The lowest BCUT2D eigenvalue weighted by molar-refractivity contribution is -0.0615. The number of ether oxygens (including phenoxy) is 2. The monoisotopic (exact) mass is 612 g/mol. The fourth-order valence-corrected chi connectivity index (χ4v) is 5.77. The van der Waals surface area contributed by atoms with Gasteiger partial charge in [-0.3, -0.25) is 28.0 Å². The molecule has 0 aromatic carbocycles. The normalized spacial score (nSPS) is 31.3. The third-order valence-electron chi connectivity index (χ3n) is 6.87. The zero-order chi connectivity index (χ0) is 29.9. The summed E-state index contributed by atoms with van der Waals surface area (Å²) in [5.74, 6) is -0.171. The van der Waals surface area contributed by atoms with E-state index in [-0.39, 0.29) is 34.1 Å². The average Bonchev–Trinajstić information content (AvgIpc) is 3.69. The van der Waals surface area contributed by atoms with E-state index in [0.29, 0.717) is 0 Å². The molecule has 2 saturated heterocycles. The van der Waals surface area contributed by atoms with Crippen LogP contribution in [0.25, 0.3) is 22.3 Å². The number of H-pyrrole nitrogens is 1. The number of phosphoric ester groups is 1. The molecule has 0 spiro atoms. The second-order valence-electron chi connectivity index (χ2n) is 9.48. The Morgan fingerprint density at radius 2 is 1.64 bits per heavy atom. The van der Waals surface area contributed by atoms with Crippen molar-refractivity contribution in [3.63, 3.8) is 0 Å². The fraction of sp³-hybridized carbons (Fsp3) is 0.500. The van der Waals surface area contributed by atoms with Crippen molar-refractivity contribution in [1.29, 1.82) is 0 Å². The highest BCUT2D eigenvalue weighted by Crippen LogP contribution is 2.50. The number of imidazole rings is 2. The summed E-state index contributed by atoms with van der Waals surface area (Å²) in [5, 5.41) is 41.5. The topological polar surface area (TPSA) is 314 Å². The van der Waals surface area contributed by atoms with Crippen LogP contribution in [0.2, 0.25) is 0 Å². The van der Waals surface area contributed by atoms with Gasteiger partial charge in [-0.15, -0.1) is 0 Å². The van der Waals surface area contributed by atoms with Crippen molar-refractivity contribution in [2.45, 2.75) is 49.1 Å². The van der Waals surface area contributed by atoms with Crippen LogP contribution in [0.15, 0.2) is 23.8 Å². The Labute approximate surface area is 232 Å². The van der Waals surface area contributed by atoms with Gasteiger partial charge in [0.05, 0.1) is 25.9 Å². The molecule has 0 radical (unpaired) electrons. The van der Waals surface area contributed by atoms with Gasteiger partial charge in [-0.25, -0.2) is 24.5 Å². The zero-order valence-corrected chi connectivity index (χ0v) is 22.1.